The van der Waals surface area contributed by atoms with E-state index in [0.29, 0.717) is 30.7 Å². The van der Waals surface area contributed by atoms with E-state index in [0.717, 1.165) is 19.8 Å². The van der Waals surface area contributed by atoms with Crippen LogP contribution < -0.4 is 5.32 Å². The van der Waals surface area contributed by atoms with Crippen LogP contribution in [-0.4, -0.2) is 110 Å². The average molecular weight is 1840 g/mol. The Morgan fingerprint density at radius 2 is 0.695 bits per heavy atom. The number of Topliss-reactive ketones (excluding diaryl/α,β-unsaturated/α-hetero) is 3. The summed E-state index contributed by atoms with van der Waals surface area (Å²) in [6.45, 7) is 141. The van der Waals surface area contributed by atoms with Crippen LogP contribution in [0, 0.1) is 23.2 Å². The number of hydroxylamine groups is 2. The molecular formula is C88H147N3O37. The van der Waals surface area contributed by atoms with Crippen LogP contribution in [0.3, 0.4) is 0 Å². The van der Waals surface area contributed by atoms with Crippen LogP contribution in [0.25, 0.3) is 0 Å². The lowest BCUT2D eigenvalue weighted by atomic mass is 9.76. The molecule has 5 amide bonds. The lowest BCUT2D eigenvalue weighted by Gasteiger charge is -2.30. The third kappa shape index (κ3) is 120. The van der Waals surface area contributed by atoms with Crippen molar-refractivity contribution in [1.29, 1.82) is 0 Å². The summed E-state index contributed by atoms with van der Waals surface area (Å²) in [6, 6.07) is 8.83. The summed E-state index contributed by atoms with van der Waals surface area (Å²) >= 11 is 0. The van der Waals surface area contributed by atoms with Gasteiger partial charge >= 0.3 is 12.1 Å². The first-order valence-electron chi connectivity index (χ1n) is 34.9. The highest BCUT2D eigenvalue weighted by atomic mass is 18.0. The first-order chi connectivity index (χ1) is 62.8. The minimum Gasteiger partial charge on any atom is -0.449 e. The maximum absolute atomic E-state index is 14.0. The van der Waals surface area contributed by atoms with Gasteiger partial charge in [0.25, 0.3) is 23.6 Å². The van der Waals surface area contributed by atoms with Crippen molar-refractivity contribution in [2.45, 2.75) is 77.0 Å². The van der Waals surface area contributed by atoms with E-state index in [4.69, 9.17) is 19.3 Å². The molecule has 1 aromatic carbocycles. The van der Waals surface area contributed by atoms with Crippen LogP contribution in [0.1, 0.15) is 76.2 Å². The second kappa shape index (κ2) is 176. The quantitative estimate of drug-likeness (QED) is 0.0208. The number of benzene rings is 1. The molecular weight excluding hydrogens is 1690 g/mol. The maximum Gasteiger partial charge on any atom is 0.407 e. The molecule has 736 valence electrons. The molecule has 2 heterocycles. The van der Waals surface area contributed by atoms with Crippen molar-refractivity contribution in [1.82, 2.24) is 15.3 Å². The highest BCUT2D eigenvalue weighted by Crippen LogP contribution is 2.33. The number of hydrogen-bond donors (Lipinski definition) is 1. The van der Waals surface area contributed by atoms with Crippen molar-refractivity contribution in [3.05, 3.63) is 364 Å². The number of ether oxygens (including phenoxy) is 1. The number of amides is 5. The first kappa shape index (κ1) is 170. The van der Waals surface area contributed by atoms with Gasteiger partial charge in [-0.2, -0.15) is 0 Å². The van der Waals surface area contributed by atoms with Gasteiger partial charge in [0.05, 0.1) is 39.3 Å². The fraction of sp³-hybridized carbons (Fsp3) is 0.261. The summed E-state index contributed by atoms with van der Waals surface area (Å²) in [4.78, 5) is 139. The van der Waals surface area contributed by atoms with Gasteiger partial charge in [0, 0.05) is 75.6 Å². The summed E-state index contributed by atoms with van der Waals surface area (Å²) in [5.41, 5.74) is -1.26. The summed E-state index contributed by atoms with van der Waals surface area (Å²) in [5.74, 6) is -6.00. The molecule has 1 unspecified atom stereocenters. The number of hydrogen-bond acceptors (Lipinski definition) is 37. The second-order valence-corrected chi connectivity index (χ2v) is 16.2. The largest absolute Gasteiger partial charge is 0.449 e. The smallest absolute Gasteiger partial charge is 0.407 e. The van der Waals surface area contributed by atoms with E-state index in [9.17, 15) is 43.2 Å². The predicted molar refractivity (Wildman–Crippen MR) is 492 cm³/mol. The van der Waals surface area contributed by atoms with Gasteiger partial charge < -0.3 is 14.9 Å². The Labute approximate surface area is 759 Å². The minimum absolute atomic E-state index is 0.00631. The SMILES string of the molecule is C=C.C=C.C=C.C=C.C=C.C=C.C=C.C=C.C=C.C=C.C=C.C=C.C=C.C=C.C=C.C=C.C=C.C=C.C=C.C=C.C=C.C=C.C=C.C=C.COOOOOOOOOOOOOCC(COOOOOOOOOOOOOC)(COC(=O)NCCC(=O)ON1C(=O)CCC1=O)CC(=O)CCC(=O)C(CC(=O)C1CCC(CN2C(=O)C=CC2=O)CC1)Cc1ccccc1. The Hall–Kier alpha value is -12.3. The molecule has 2 fully saturated rings. The standard InChI is InChI=1S/C40H51N3O37.24C2H4/c1-53-59-63-67-71-75-79-77-73-69-65-61-56-25-40(26-57-62-66-70-74-78-80-76-72-68-64-60-54-2,24-55-39(52)41-19-18-38(51)58-43-36(49)16-17-37(43)50)22-31(44)12-13-32(45)30(20-27-6-4-3-5-7-27)21-33(46)29-10-8-28(9-11-29)23-42-34(47)14-15-35(42)48;24*1-2/h3-7,14-15,28-30H,8-13,16-26H2,1-2H3,(H,41,52);24*1-2H2. The molecule has 1 aliphatic carbocycles. The van der Waals surface area contributed by atoms with Crippen LogP contribution in [-0.2, 0) is 185 Å². The number of carbonyl (C=O) groups is 9. The number of imide groups is 2. The molecule has 1 aromatic rings. The van der Waals surface area contributed by atoms with E-state index in [1.807, 2.05) is 0 Å². The number of nitrogens with one attached hydrogen (secondary N) is 1. The molecule has 1 atom stereocenters. The Morgan fingerprint density at radius 3 is 1.01 bits per heavy atom. The minimum atomic E-state index is -2.00. The van der Waals surface area contributed by atoms with Crippen LogP contribution in [0.4, 0.5) is 4.79 Å². The van der Waals surface area contributed by atoms with Crippen molar-refractivity contribution in [3.8, 4) is 0 Å². The topological polar surface area (TPSA) is 431 Å². The molecule has 1 N–H and O–H groups in total. The van der Waals surface area contributed by atoms with E-state index in [1.165, 1.54) is 17.1 Å². The highest BCUT2D eigenvalue weighted by molar-refractivity contribution is 6.12. The number of nitrogens with zero attached hydrogens (tertiary/aromatic N) is 2. The van der Waals surface area contributed by atoms with Crippen LogP contribution in [0.2, 0.25) is 0 Å². The van der Waals surface area contributed by atoms with Crippen LogP contribution >= 0.6 is 0 Å². The zero-order valence-corrected chi connectivity index (χ0v) is 75.7. The molecule has 0 spiro atoms. The predicted octanol–water partition coefficient (Wildman–Crippen LogP) is 20.5. The molecule has 128 heavy (non-hydrogen) atoms. The number of carbonyl (C=O) groups excluding carboxylic acids is 9. The molecule has 40 heteroatoms. The normalized spacial score (nSPS) is 11.3. The zero-order chi connectivity index (χ0) is 106. The summed E-state index contributed by atoms with van der Waals surface area (Å²) in [5, 5.41) is 87.6. The van der Waals surface area contributed by atoms with Crippen LogP contribution in [0.5, 0.6) is 0 Å². The van der Waals surface area contributed by atoms with Gasteiger partial charge in [-0.25, -0.2) is 29.1 Å². The summed E-state index contributed by atoms with van der Waals surface area (Å²) in [7, 11) is 2.09. The Balaban J connectivity index is -0.000000108. The molecule has 4 rings (SSSR count). The molecule has 2 aliphatic heterocycles. The van der Waals surface area contributed by atoms with Gasteiger partial charge in [-0.1, -0.05) is 30.3 Å². The van der Waals surface area contributed by atoms with Crippen molar-refractivity contribution in [2.75, 3.05) is 47.1 Å². The van der Waals surface area contributed by atoms with E-state index < -0.39 is 117 Å². The molecule has 3 aliphatic rings. The number of rotatable bonds is 47. The summed E-state index contributed by atoms with van der Waals surface area (Å²) < 4.78 is 5.30. The van der Waals surface area contributed by atoms with E-state index in [-0.39, 0.29) is 43.9 Å². The molecule has 1 saturated heterocycles. The first-order valence-corrected chi connectivity index (χ1v) is 34.9. The van der Waals surface area contributed by atoms with E-state index in [2.05, 4.69) is 442 Å². The fourth-order valence-corrected chi connectivity index (χ4v) is 7.33. The zero-order valence-electron chi connectivity index (χ0n) is 75.7. The van der Waals surface area contributed by atoms with Gasteiger partial charge in [0.2, 0.25) is 0 Å². The monoisotopic (exact) mass is 1840 g/mol. The van der Waals surface area contributed by atoms with Gasteiger partial charge in [-0.3, -0.25) is 38.5 Å². The molecule has 40 nitrogen and oxygen atoms in total. The fourth-order valence-electron chi connectivity index (χ4n) is 7.33. The Kier molecular flexibility index (Phi) is 234. The van der Waals surface area contributed by atoms with Crippen molar-refractivity contribution < 1.29 is 183 Å². The van der Waals surface area contributed by atoms with Crippen molar-refractivity contribution in [2.24, 2.45) is 23.2 Å². The van der Waals surface area contributed by atoms with Crippen molar-refractivity contribution >= 4 is 53.0 Å². The summed E-state index contributed by atoms with van der Waals surface area (Å²) in [6.07, 6.45) is 0.660. The average Bonchev–Trinajstić information content (AvgIpc) is 1.03. The molecule has 0 bridgehead atoms. The third-order valence-electron chi connectivity index (χ3n) is 10.9. The lowest BCUT2D eigenvalue weighted by Crippen LogP contribution is -2.42. The Bertz CT molecular complexity index is 2370. The van der Waals surface area contributed by atoms with Crippen LogP contribution in [0.15, 0.2) is 358 Å². The van der Waals surface area contributed by atoms with E-state index in [1.54, 1.807) is 30.3 Å². The maximum atomic E-state index is 14.0. The van der Waals surface area contributed by atoms with E-state index >= 15 is 0 Å². The molecule has 0 aromatic heterocycles. The second-order valence-electron chi connectivity index (χ2n) is 16.2. The van der Waals surface area contributed by atoms with Gasteiger partial charge in [0.15, 0.2) is 0 Å². The highest BCUT2D eigenvalue weighted by Gasteiger charge is 2.39. The van der Waals surface area contributed by atoms with Gasteiger partial charge in [-0.05, 0) is 154 Å². The Morgan fingerprint density at radius 1 is 0.391 bits per heavy atom. The molecule has 0 radical (unpaired) electrons. The van der Waals surface area contributed by atoms with Gasteiger partial charge in [0.1, 0.15) is 24.0 Å². The lowest BCUT2D eigenvalue weighted by molar-refractivity contribution is -0.870. The number of ketones is 3. The third-order valence-corrected chi connectivity index (χ3v) is 10.9. The van der Waals surface area contributed by atoms with Gasteiger partial charge in [-0.15, -0.1) is 321 Å². The van der Waals surface area contributed by atoms with Crippen molar-refractivity contribution in [3.63, 3.8) is 0 Å². The number of alkyl carbamates (subject to hydrolysis) is 1. The molecule has 1 saturated carbocycles.